The highest BCUT2D eigenvalue weighted by molar-refractivity contribution is 9.10. The maximum absolute atomic E-state index is 14.2. The summed E-state index contributed by atoms with van der Waals surface area (Å²) < 4.78 is 14.4. The number of halogens is 2. The van der Waals surface area contributed by atoms with Crippen LogP contribution in [0.2, 0.25) is 0 Å². The van der Waals surface area contributed by atoms with E-state index in [0.29, 0.717) is 17.8 Å². The quantitative estimate of drug-likeness (QED) is 0.781. The Hall–Kier alpha value is -1.05. The van der Waals surface area contributed by atoms with Crippen molar-refractivity contribution < 1.29 is 4.39 Å². The minimum atomic E-state index is -0.400. The van der Waals surface area contributed by atoms with Gasteiger partial charge < -0.3 is 11.1 Å². The summed E-state index contributed by atoms with van der Waals surface area (Å²) >= 11 is 9.66. The van der Waals surface area contributed by atoms with Crippen LogP contribution in [0, 0.1) is 5.82 Å². The third-order valence-electron chi connectivity index (χ3n) is 2.73. The molecule has 0 aliphatic heterocycles. The summed E-state index contributed by atoms with van der Waals surface area (Å²) in [4.78, 5) is 5.66. The van der Waals surface area contributed by atoms with E-state index in [0.717, 1.165) is 11.4 Å². The molecule has 106 valence electrons. The maximum Gasteiger partial charge on any atom is 0.161 e. The van der Waals surface area contributed by atoms with Crippen LogP contribution in [0.15, 0.2) is 22.8 Å². The van der Waals surface area contributed by atoms with Crippen molar-refractivity contribution in [3.05, 3.63) is 44.1 Å². The van der Waals surface area contributed by atoms with Gasteiger partial charge in [-0.05, 0) is 34.5 Å². The largest absolute Gasteiger partial charge is 0.389 e. The third kappa shape index (κ3) is 3.34. The molecule has 0 bridgehead atoms. The average Bonchev–Trinajstić information content (AvgIpc) is 2.88. The average molecular weight is 374 g/mol. The van der Waals surface area contributed by atoms with Gasteiger partial charge >= 0.3 is 0 Å². The lowest BCUT2D eigenvalue weighted by atomic mass is 10.2. The summed E-state index contributed by atoms with van der Waals surface area (Å²) in [5.74, 6) is -0.400. The Morgan fingerprint density at radius 3 is 2.90 bits per heavy atom. The van der Waals surface area contributed by atoms with Gasteiger partial charge in [0.1, 0.15) is 10.00 Å². The Bertz CT molecular complexity index is 643. The first kappa shape index (κ1) is 15.3. The highest BCUT2D eigenvalue weighted by atomic mass is 79.9. The normalized spacial score (nSPS) is 10.6. The molecule has 2 rings (SSSR count). The minimum Gasteiger partial charge on any atom is -0.389 e. The second kappa shape index (κ2) is 6.60. The molecule has 1 aromatic carbocycles. The predicted molar refractivity (Wildman–Crippen MR) is 88.8 cm³/mol. The van der Waals surface area contributed by atoms with Gasteiger partial charge in [-0.3, -0.25) is 0 Å². The number of aromatic nitrogens is 1. The van der Waals surface area contributed by atoms with Crippen molar-refractivity contribution in [2.45, 2.75) is 19.9 Å². The molecule has 0 saturated carbocycles. The van der Waals surface area contributed by atoms with Gasteiger partial charge in [0.15, 0.2) is 5.82 Å². The summed E-state index contributed by atoms with van der Waals surface area (Å²) in [7, 11) is 0. The van der Waals surface area contributed by atoms with Gasteiger partial charge in [0.2, 0.25) is 0 Å². The Morgan fingerprint density at radius 1 is 1.55 bits per heavy atom. The van der Waals surface area contributed by atoms with E-state index in [4.69, 9.17) is 18.0 Å². The van der Waals surface area contributed by atoms with E-state index in [1.165, 1.54) is 4.88 Å². The van der Waals surface area contributed by atoms with Crippen molar-refractivity contribution in [1.29, 1.82) is 0 Å². The number of benzene rings is 1. The number of anilines is 1. The van der Waals surface area contributed by atoms with Crippen molar-refractivity contribution in [3.8, 4) is 0 Å². The van der Waals surface area contributed by atoms with E-state index >= 15 is 0 Å². The second-order valence-electron chi connectivity index (χ2n) is 4.08. The van der Waals surface area contributed by atoms with Crippen molar-refractivity contribution in [3.63, 3.8) is 0 Å². The minimum absolute atomic E-state index is 0.162. The molecule has 7 heteroatoms. The summed E-state index contributed by atoms with van der Waals surface area (Å²) in [6, 6.07) is 3.32. The molecular formula is C13H13BrFN3S2. The smallest absolute Gasteiger partial charge is 0.161 e. The van der Waals surface area contributed by atoms with E-state index in [1.54, 1.807) is 23.5 Å². The number of nitrogens with two attached hydrogens (primary N) is 1. The number of aryl methyl sites for hydroxylation is 1. The highest BCUT2D eigenvalue weighted by Gasteiger charge is 2.13. The van der Waals surface area contributed by atoms with Crippen LogP contribution in [-0.2, 0) is 13.0 Å². The van der Waals surface area contributed by atoms with Crippen molar-refractivity contribution in [2.75, 3.05) is 5.32 Å². The summed E-state index contributed by atoms with van der Waals surface area (Å²) in [5.41, 5.74) is 6.41. The van der Waals surface area contributed by atoms with Gasteiger partial charge in [0.05, 0.1) is 16.7 Å². The van der Waals surface area contributed by atoms with Crippen LogP contribution in [0.3, 0.4) is 0 Å². The van der Waals surface area contributed by atoms with Crippen LogP contribution in [0.25, 0.3) is 0 Å². The van der Waals surface area contributed by atoms with E-state index < -0.39 is 5.82 Å². The molecular weight excluding hydrogens is 361 g/mol. The van der Waals surface area contributed by atoms with Crippen LogP contribution in [0.5, 0.6) is 0 Å². The first-order valence-corrected chi connectivity index (χ1v) is 8.00. The number of nitrogens with zero attached hydrogens (tertiary/aromatic N) is 1. The molecule has 20 heavy (non-hydrogen) atoms. The SMILES string of the molecule is CCc1cnc(CNc2ccc(C(N)=S)c(Br)c2F)s1. The van der Waals surface area contributed by atoms with Gasteiger partial charge in [0.25, 0.3) is 0 Å². The van der Waals surface area contributed by atoms with E-state index in [9.17, 15) is 4.39 Å². The standard InChI is InChI=1S/C13H13BrFN3S2/c1-2-7-5-18-10(20-7)6-17-9-4-3-8(13(16)19)11(14)12(9)15/h3-5,17H,2,6H2,1H3,(H2,16,19). The molecule has 0 saturated heterocycles. The van der Waals surface area contributed by atoms with Crippen LogP contribution in [0.1, 0.15) is 22.4 Å². The highest BCUT2D eigenvalue weighted by Crippen LogP contribution is 2.27. The topological polar surface area (TPSA) is 50.9 Å². The number of nitrogens with one attached hydrogen (secondary N) is 1. The molecule has 0 spiro atoms. The molecule has 0 atom stereocenters. The molecule has 0 fully saturated rings. The molecule has 1 heterocycles. The fraction of sp³-hybridized carbons (Fsp3) is 0.231. The zero-order valence-electron chi connectivity index (χ0n) is 10.7. The molecule has 0 amide bonds. The monoisotopic (exact) mass is 373 g/mol. The van der Waals surface area contributed by atoms with Crippen LogP contribution in [-0.4, -0.2) is 9.97 Å². The summed E-state index contributed by atoms with van der Waals surface area (Å²) in [6.07, 6.45) is 2.81. The Kier molecular flexibility index (Phi) is 5.06. The van der Waals surface area contributed by atoms with Crippen LogP contribution >= 0.6 is 39.5 Å². The zero-order valence-corrected chi connectivity index (χ0v) is 14.0. The summed E-state index contributed by atoms with van der Waals surface area (Å²) in [5, 5.41) is 3.96. The molecule has 3 nitrogen and oxygen atoms in total. The molecule has 0 aliphatic carbocycles. The molecule has 0 aliphatic rings. The lowest BCUT2D eigenvalue weighted by molar-refractivity contribution is 0.623. The Labute approximate surface area is 134 Å². The second-order valence-corrected chi connectivity index (χ2v) is 6.51. The first-order valence-electron chi connectivity index (χ1n) is 5.98. The van der Waals surface area contributed by atoms with Crippen LogP contribution < -0.4 is 11.1 Å². The van der Waals surface area contributed by atoms with Crippen molar-refractivity contribution >= 4 is 50.2 Å². The number of hydrogen-bond acceptors (Lipinski definition) is 4. The van der Waals surface area contributed by atoms with E-state index in [1.807, 2.05) is 6.20 Å². The molecule has 3 N–H and O–H groups in total. The Morgan fingerprint density at radius 2 is 2.30 bits per heavy atom. The fourth-order valence-corrected chi connectivity index (χ4v) is 3.30. The Balaban J connectivity index is 2.14. The first-order chi connectivity index (χ1) is 9.52. The maximum atomic E-state index is 14.2. The van der Waals surface area contributed by atoms with Crippen LogP contribution in [0.4, 0.5) is 10.1 Å². The number of hydrogen-bond donors (Lipinski definition) is 2. The van der Waals surface area contributed by atoms with Gasteiger partial charge in [-0.25, -0.2) is 9.37 Å². The zero-order chi connectivity index (χ0) is 14.7. The van der Waals surface area contributed by atoms with Crippen molar-refractivity contribution in [1.82, 2.24) is 4.98 Å². The van der Waals surface area contributed by atoms with Crippen molar-refractivity contribution in [2.24, 2.45) is 5.73 Å². The third-order valence-corrected chi connectivity index (χ3v) is 4.86. The van der Waals surface area contributed by atoms with Gasteiger partial charge in [0, 0.05) is 16.6 Å². The lowest BCUT2D eigenvalue weighted by Gasteiger charge is -2.10. The van der Waals surface area contributed by atoms with Gasteiger partial charge in [-0.1, -0.05) is 19.1 Å². The molecule has 0 unspecified atom stereocenters. The number of thiocarbonyl (C=S) groups is 1. The predicted octanol–water partition coefficient (Wildman–Crippen LogP) is 3.85. The number of thiazole rings is 1. The number of rotatable bonds is 5. The van der Waals surface area contributed by atoms with Gasteiger partial charge in [-0.15, -0.1) is 11.3 Å². The van der Waals surface area contributed by atoms with E-state index in [2.05, 4.69) is 33.2 Å². The fourth-order valence-electron chi connectivity index (χ4n) is 1.64. The summed E-state index contributed by atoms with van der Waals surface area (Å²) in [6.45, 7) is 2.57. The molecule has 0 radical (unpaired) electrons. The molecule has 1 aromatic heterocycles. The van der Waals surface area contributed by atoms with Gasteiger partial charge in [-0.2, -0.15) is 0 Å². The lowest BCUT2D eigenvalue weighted by Crippen LogP contribution is -2.12. The van der Waals surface area contributed by atoms with E-state index in [-0.39, 0.29) is 9.46 Å². The molecule has 2 aromatic rings.